The quantitative estimate of drug-likeness (QED) is 0.757. The minimum Gasteiger partial charge on any atom is -0.443 e. The first-order chi connectivity index (χ1) is 5.92. The molecule has 0 atom stereocenters. The molecule has 0 unspecified atom stereocenters. The Morgan fingerprint density at radius 2 is 2.50 bits per heavy atom. The molecule has 2 aromatic heterocycles. The van der Waals surface area contributed by atoms with Crippen LogP contribution >= 0.6 is 27.3 Å². The van der Waals surface area contributed by atoms with Gasteiger partial charge in [-0.3, -0.25) is 0 Å². The summed E-state index contributed by atoms with van der Waals surface area (Å²) in [5.41, 5.74) is 2.06. The molecule has 4 heteroatoms. The molecule has 12 heavy (non-hydrogen) atoms. The summed E-state index contributed by atoms with van der Waals surface area (Å²) in [5.74, 6) is 0.869. The molecule has 2 aromatic rings. The van der Waals surface area contributed by atoms with E-state index in [1.165, 1.54) is 6.39 Å². The summed E-state index contributed by atoms with van der Waals surface area (Å²) in [6.07, 6.45) is 1.48. The molecule has 0 aliphatic rings. The summed E-state index contributed by atoms with van der Waals surface area (Å²) in [4.78, 5) is 4.08. The summed E-state index contributed by atoms with van der Waals surface area (Å²) >= 11 is 5.01. The van der Waals surface area contributed by atoms with Crippen molar-refractivity contribution < 1.29 is 4.42 Å². The van der Waals surface area contributed by atoms with Crippen LogP contribution in [0.25, 0.3) is 11.3 Å². The van der Waals surface area contributed by atoms with Crippen LogP contribution in [0.5, 0.6) is 0 Å². The number of thiophene rings is 1. The molecule has 0 bridgehead atoms. The van der Waals surface area contributed by atoms with Crippen molar-refractivity contribution in [2.75, 3.05) is 0 Å². The molecule has 0 saturated heterocycles. The van der Waals surface area contributed by atoms with Gasteiger partial charge in [-0.15, -0.1) is 0 Å². The zero-order chi connectivity index (χ0) is 8.39. The van der Waals surface area contributed by atoms with E-state index in [1.807, 2.05) is 16.8 Å². The van der Waals surface area contributed by atoms with Crippen LogP contribution in [0, 0.1) is 0 Å². The van der Waals surface area contributed by atoms with Gasteiger partial charge in [-0.05, 0) is 11.4 Å². The van der Waals surface area contributed by atoms with Gasteiger partial charge >= 0.3 is 0 Å². The van der Waals surface area contributed by atoms with Gasteiger partial charge in [0, 0.05) is 16.3 Å². The highest BCUT2D eigenvalue weighted by Gasteiger charge is 2.08. The molecule has 2 nitrogen and oxygen atoms in total. The van der Waals surface area contributed by atoms with Crippen molar-refractivity contribution in [3.05, 3.63) is 28.9 Å². The number of hydrogen-bond acceptors (Lipinski definition) is 3. The van der Waals surface area contributed by atoms with E-state index in [0.29, 0.717) is 0 Å². The second-order valence-corrected chi connectivity index (χ2v) is 3.61. The molecule has 0 spiro atoms. The largest absolute Gasteiger partial charge is 0.443 e. The summed E-state index contributed by atoms with van der Waals surface area (Å²) in [6, 6.07) is 2.03. The van der Waals surface area contributed by atoms with Crippen LogP contribution in [0.15, 0.2) is 27.6 Å². The number of hydrogen-bond donors (Lipinski definition) is 0. The van der Waals surface area contributed by atoms with Gasteiger partial charge in [-0.25, -0.2) is 4.98 Å². The van der Waals surface area contributed by atoms with E-state index < -0.39 is 0 Å². The van der Waals surface area contributed by atoms with Gasteiger partial charge in [-0.1, -0.05) is 15.9 Å². The second-order valence-electron chi connectivity index (χ2n) is 2.27. The third-order valence-electron chi connectivity index (χ3n) is 1.55. The van der Waals surface area contributed by atoms with Gasteiger partial charge < -0.3 is 4.42 Å². The van der Waals surface area contributed by atoms with Crippen molar-refractivity contribution in [1.29, 1.82) is 0 Å². The Morgan fingerprint density at radius 1 is 1.58 bits per heavy atom. The van der Waals surface area contributed by atoms with E-state index in [4.69, 9.17) is 4.42 Å². The van der Waals surface area contributed by atoms with E-state index in [0.717, 1.165) is 22.3 Å². The van der Waals surface area contributed by atoms with Crippen molar-refractivity contribution in [3.8, 4) is 11.3 Å². The molecular formula is C8H6BrNOS. The predicted molar refractivity (Wildman–Crippen MR) is 52.4 cm³/mol. The molecule has 0 amide bonds. The van der Waals surface area contributed by atoms with Gasteiger partial charge in [0.25, 0.3) is 0 Å². The Labute approximate surface area is 82.4 Å². The number of halogens is 1. The van der Waals surface area contributed by atoms with Gasteiger partial charge in [0.15, 0.2) is 12.2 Å². The number of oxazole rings is 1. The van der Waals surface area contributed by atoms with E-state index in [9.17, 15) is 0 Å². The average molecular weight is 244 g/mol. The molecule has 0 saturated carbocycles. The third-order valence-corrected chi connectivity index (χ3v) is 2.77. The maximum Gasteiger partial charge on any atom is 0.181 e. The Morgan fingerprint density at radius 3 is 3.17 bits per heavy atom. The zero-order valence-electron chi connectivity index (χ0n) is 6.16. The van der Waals surface area contributed by atoms with E-state index in [1.54, 1.807) is 11.3 Å². The molecular weight excluding hydrogens is 238 g/mol. The molecule has 0 aliphatic heterocycles. The third kappa shape index (κ3) is 1.32. The number of aromatic nitrogens is 1. The fraction of sp³-hybridized carbons (Fsp3) is 0.125. The zero-order valence-corrected chi connectivity index (χ0v) is 8.56. The first kappa shape index (κ1) is 8.01. The minimum atomic E-state index is 0.731. The second kappa shape index (κ2) is 3.41. The van der Waals surface area contributed by atoms with Crippen LogP contribution in [-0.4, -0.2) is 4.98 Å². The lowest BCUT2D eigenvalue weighted by Crippen LogP contribution is -1.79. The van der Waals surface area contributed by atoms with Crippen LogP contribution in [0.1, 0.15) is 5.69 Å². The lowest BCUT2D eigenvalue weighted by Gasteiger charge is -1.91. The standard InChI is InChI=1S/C8H6BrNOS/c9-3-7-8(11-5-10-7)6-1-2-12-4-6/h1-2,4-5H,3H2. The minimum absolute atomic E-state index is 0.731. The summed E-state index contributed by atoms with van der Waals surface area (Å²) in [7, 11) is 0. The maximum atomic E-state index is 5.27. The lowest BCUT2D eigenvalue weighted by molar-refractivity contribution is 0.571. The topological polar surface area (TPSA) is 26.0 Å². The van der Waals surface area contributed by atoms with Crippen molar-refractivity contribution >= 4 is 27.3 Å². The van der Waals surface area contributed by atoms with Crippen molar-refractivity contribution in [3.63, 3.8) is 0 Å². The molecule has 0 radical (unpaired) electrons. The van der Waals surface area contributed by atoms with Gasteiger partial charge in [0.1, 0.15) is 0 Å². The van der Waals surface area contributed by atoms with E-state index >= 15 is 0 Å². The summed E-state index contributed by atoms with van der Waals surface area (Å²) in [6.45, 7) is 0. The number of rotatable bonds is 2. The number of alkyl halides is 1. The van der Waals surface area contributed by atoms with Crippen molar-refractivity contribution in [1.82, 2.24) is 4.98 Å². The van der Waals surface area contributed by atoms with Crippen LogP contribution in [0.3, 0.4) is 0 Å². The molecule has 2 heterocycles. The Kier molecular flexibility index (Phi) is 2.28. The van der Waals surface area contributed by atoms with Gasteiger partial charge in [0.2, 0.25) is 0 Å². The summed E-state index contributed by atoms with van der Waals surface area (Å²) < 4.78 is 5.27. The maximum absolute atomic E-state index is 5.27. The van der Waals surface area contributed by atoms with Crippen molar-refractivity contribution in [2.45, 2.75) is 5.33 Å². The Bertz CT molecular complexity index is 355. The van der Waals surface area contributed by atoms with Crippen LogP contribution in [0.2, 0.25) is 0 Å². The molecule has 0 fully saturated rings. The SMILES string of the molecule is BrCc1ncoc1-c1ccsc1. The van der Waals surface area contributed by atoms with E-state index in [-0.39, 0.29) is 0 Å². The average Bonchev–Trinajstić information content (AvgIpc) is 2.74. The molecule has 0 aliphatic carbocycles. The highest BCUT2D eigenvalue weighted by atomic mass is 79.9. The van der Waals surface area contributed by atoms with Crippen molar-refractivity contribution in [2.24, 2.45) is 0 Å². The predicted octanol–water partition coefficient (Wildman–Crippen LogP) is 3.30. The van der Waals surface area contributed by atoms with Crippen LogP contribution in [0.4, 0.5) is 0 Å². The first-order valence-corrected chi connectivity index (χ1v) is 5.49. The molecule has 0 N–H and O–H groups in total. The fourth-order valence-corrected chi connectivity index (χ4v) is 2.03. The Hall–Kier alpha value is -0.610. The molecule has 0 aromatic carbocycles. The summed E-state index contributed by atoms with van der Waals surface area (Å²) in [5, 5.41) is 4.80. The smallest absolute Gasteiger partial charge is 0.181 e. The Balaban J connectivity index is 2.46. The van der Waals surface area contributed by atoms with Crippen LogP contribution in [-0.2, 0) is 5.33 Å². The molecule has 62 valence electrons. The fourth-order valence-electron chi connectivity index (χ4n) is 0.993. The van der Waals surface area contributed by atoms with Crippen LogP contribution < -0.4 is 0 Å². The first-order valence-electron chi connectivity index (χ1n) is 3.42. The van der Waals surface area contributed by atoms with Gasteiger partial charge in [0.05, 0.1) is 5.69 Å². The monoisotopic (exact) mass is 243 g/mol. The van der Waals surface area contributed by atoms with Gasteiger partial charge in [-0.2, -0.15) is 11.3 Å². The lowest BCUT2D eigenvalue weighted by atomic mass is 10.2. The normalized spacial score (nSPS) is 10.4. The highest BCUT2D eigenvalue weighted by molar-refractivity contribution is 9.08. The number of nitrogens with zero attached hydrogens (tertiary/aromatic N) is 1. The molecule has 2 rings (SSSR count). The van der Waals surface area contributed by atoms with E-state index in [2.05, 4.69) is 20.9 Å². The highest BCUT2D eigenvalue weighted by Crippen LogP contribution is 2.26.